The number of hydroxylamine groups is 1. The quantitative estimate of drug-likeness (QED) is 0.813. The summed E-state index contributed by atoms with van der Waals surface area (Å²) in [5.74, 6) is 0. The number of rotatable bonds is 5. The van der Waals surface area contributed by atoms with E-state index < -0.39 is 0 Å². The van der Waals surface area contributed by atoms with Crippen molar-refractivity contribution in [2.24, 2.45) is 0 Å². The Morgan fingerprint density at radius 1 is 0.950 bits per heavy atom. The lowest BCUT2D eigenvalue weighted by atomic mass is 9.97. The van der Waals surface area contributed by atoms with Crippen molar-refractivity contribution in [3.8, 4) is 0 Å². The van der Waals surface area contributed by atoms with E-state index in [0.29, 0.717) is 6.61 Å². The molecule has 2 nitrogen and oxygen atoms in total. The third-order valence-electron chi connectivity index (χ3n) is 3.69. The molecule has 1 unspecified atom stereocenters. The van der Waals surface area contributed by atoms with Gasteiger partial charge in [0.05, 0.1) is 12.6 Å². The van der Waals surface area contributed by atoms with Crippen molar-refractivity contribution in [2.75, 3.05) is 0 Å². The Morgan fingerprint density at radius 2 is 1.60 bits per heavy atom. The largest absolute Gasteiger partial charge is 0.296 e. The predicted octanol–water partition coefficient (Wildman–Crippen LogP) is 4.39. The molecule has 106 valence electrons. The predicted molar refractivity (Wildman–Crippen MR) is 83.4 cm³/mol. The van der Waals surface area contributed by atoms with Crippen molar-refractivity contribution in [3.05, 3.63) is 70.3 Å². The van der Waals surface area contributed by atoms with Crippen molar-refractivity contribution in [1.29, 1.82) is 0 Å². The van der Waals surface area contributed by atoms with Gasteiger partial charge in [0, 0.05) is 0 Å². The van der Waals surface area contributed by atoms with Gasteiger partial charge < -0.3 is 0 Å². The number of aryl methyl sites for hydroxylation is 3. The van der Waals surface area contributed by atoms with E-state index in [1.54, 1.807) is 0 Å². The minimum Gasteiger partial charge on any atom is -0.296 e. The molecule has 0 aromatic heterocycles. The highest BCUT2D eigenvalue weighted by atomic mass is 16.6. The van der Waals surface area contributed by atoms with Gasteiger partial charge in [0.1, 0.15) is 0 Å². The molecule has 0 radical (unpaired) electrons. The highest BCUT2D eigenvalue weighted by Crippen LogP contribution is 2.21. The molecule has 0 fully saturated rings. The Bertz CT molecular complexity index is 563. The molecule has 0 bridgehead atoms. The number of benzene rings is 2. The molecule has 0 aliphatic rings. The van der Waals surface area contributed by atoms with E-state index in [4.69, 9.17) is 4.84 Å². The maximum absolute atomic E-state index is 5.61. The van der Waals surface area contributed by atoms with Gasteiger partial charge in [-0.15, -0.1) is 0 Å². The summed E-state index contributed by atoms with van der Waals surface area (Å²) in [7, 11) is 0. The molecule has 0 saturated heterocycles. The van der Waals surface area contributed by atoms with Crippen LogP contribution in [0.1, 0.15) is 40.8 Å². The van der Waals surface area contributed by atoms with Crippen LogP contribution in [-0.2, 0) is 11.4 Å². The second-order valence-corrected chi connectivity index (χ2v) is 5.41. The lowest BCUT2D eigenvalue weighted by Crippen LogP contribution is -2.20. The van der Waals surface area contributed by atoms with Crippen molar-refractivity contribution in [3.63, 3.8) is 0 Å². The molecule has 0 aliphatic heterocycles. The average molecular weight is 269 g/mol. The standard InChI is InChI=1S/C18H23NO/c1-13-10-15(3)18(11-14(13)2)16(4)19-20-12-17-8-6-5-7-9-17/h5-11,16,19H,12H2,1-4H3. The zero-order chi connectivity index (χ0) is 14.5. The molecule has 1 atom stereocenters. The summed E-state index contributed by atoms with van der Waals surface area (Å²) in [4.78, 5) is 5.61. The zero-order valence-corrected chi connectivity index (χ0v) is 12.7. The third kappa shape index (κ3) is 3.69. The monoisotopic (exact) mass is 269 g/mol. The lowest BCUT2D eigenvalue weighted by molar-refractivity contribution is 0.00685. The number of nitrogens with one attached hydrogen (secondary N) is 1. The Labute approximate surface area is 121 Å². The Morgan fingerprint density at radius 3 is 2.30 bits per heavy atom. The van der Waals surface area contributed by atoms with Gasteiger partial charge in [-0.25, -0.2) is 0 Å². The zero-order valence-electron chi connectivity index (χ0n) is 12.7. The molecule has 2 rings (SSSR count). The molecule has 2 heteroatoms. The summed E-state index contributed by atoms with van der Waals surface area (Å²) in [5.41, 5.74) is 9.56. The second kappa shape index (κ2) is 6.69. The van der Waals surface area contributed by atoms with Gasteiger partial charge in [0.2, 0.25) is 0 Å². The molecule has 0 spiro atoms. The molecule has 1 N–H and O–H groups in total. The molecule has 20 heavy (non-hydrogen) atoms. The van der Waals surface area contributed by atoms with Crippen LogP contribution in [0.3, 0.4) is 0 Å². The number of hydrogen-bond acceptors (Lipinski definition) is 2. The topological polar surface area (TPSA) is 21.3 Å². The fourth-order valence-electron chi connectivity index (χ4n) is 2.34. The molecule has 0 amide bonds. The normalized spacial score (nSPS) is 12.4. The van der Waals surface area contributed by atoms with E-state index in [9.17, 15) is 0 Å². The Hall–Kier alpha value is -1.64. The highest BCUT2D eigenvalue weighted by Gasteiger charge is 2.10. The summed E-state index contributed by atoms with van der Waals surface area (Å²) in [6.07, 6.45) is 0. The Balaban J connectivity index is 1.95. The number of hydrogen-bond donors (Lipinski definition) is 1. The first-order chi connectivity index (χ1) is 9.58. The SMILES string of the molecule is Cc1cc(C)c(C(C)NOCc2ccccc2)cc1C. The maximum atomic E-state index is 5.61. The summed E-state index contributed by atoms with van der Waals surface area (Å²) < 4.78 is 0. The summed E-state index contributed by atoms with van der Waals surface area (Å²) in [6.45, 7) is 9.15. The van der Waals surface area contributed by atoms with E-state index in [1.807, 2.05) is 18.2 Å². The molecule has 0 aliphatic carbocycles. The van der Waals surface area contributed by atoms with Crippen molar-refractivity contribution in [1.82, 2.24) is 5.48 Å². The van der Waals surface area contributed by atoms with Gasteiger partial charge in [-0.1, -0.05) is 42.5 Å². The van der Waals surface area contributed by atoms with Crippen LogP contribution in [0.15, 0.2) is 42.5 Å². The Kier molecular flexibility index (Phi) is 4.94. The van der Waals surface area contributed by atoms with Crippen LogP contribution in [0.5, 0.6) is 0 Å². The van der Waals surface area contributed by atoms with Crippen molar-refractivity contribution < 1.29 is 4.84 Å². The highest BCUT2D eigenvalue weighted by molar-refractivity contribution is 5.37. The first-order valence-electron chi connectivity index (χ1n) is 7.07. The van der Waals surface area contributed by atoms with E-state index in [-0.39, 0.29) is 6.04 Å². The van der Waals surface area contributed by atoms with Crippen molar-refractivity contribution in [2.45, 2.75) is 40.3 Å². The fourth-order valence-corrected chi connectivity index (χ4v) is 2.34. The van der Waals surface area contributed by atoms with Crippen LogP contribution in [0, 0.1) is 20.8 Å². The van der Waals surface area contributed by atoms with Gasteiger partial charge in [0.25, 0.3) is 0 Å². The van der Waals surface area contributed by atoms with Crippen molar-refractivity contribution >= 4 is 0 Å². The third-order valence-corrected chi connectivity index (χ3v) is 3.69. The average Bonchev–Trinajstić information content (AvgIpc) is 2.44. The molecule has 2 aromatic carbocycles. The lowest BCUT2D eigenvalue weighted by Gasteiger charge is -2.18. The van der Waals surface area contributed by atoms with E-state index in [1.165, 1.54) is 27.8 Å². The summed E-state index contributed by atoms with van der Waals surface area (Å²) in [6, 6.07) is 14.8. The molecule has 0 heterocycles. The molecule has 2 aromatic rings. The summed E-state index contributed by atoms with van der Waals surface area (Å²) in [5, 5.41) is 0. The molecule has 0 saturated carbocycles. The minimum atomic E-state index is 0.179. The van der Waals surface area contributed by atoms with Crippen LogP contribution in [-0.4, -0.2) is 0 Å². The first kappa shape index (κ1) is 14.8. The molecular weight excluding hydrogens is 246 g/mol. The minimum absolute atomic E-state index is 0.179. The first-order valence-corrected chi connectivity index (χ1v) is 7.07. The fraction of sp³-hybridized carbons (Fsp3) is 0.333. The van der Waals surface area contributed by atoms with Crippen LogP contribution < -0.4 is 5.48 Å². The van der Waals surface area contributed by atoms with Gasteiger partial charge in [-0.3, -0.25) is 4.84 Å². The van der Waals surface area contributed by atoms with Gasteiger partial charge in [0.15, 0.2) is 0 Å². The van der Waals surface area contributed by atoms with E-state index in [0.717, 1.165) is 0 Å². The van der Waals surface area contributed by atoms with Crippen LogP contribution in [0.2, 0.25) is 0 Å². The van der Waals surface area contributed by atoms with Gasteiger partial charge in [-0.2, -0.15) is 5.48 Å². The van der Waals surface area contributed by atoms with Crippen LogP contribution >= 0.6 is 0 Å². The van der Waals surface area contributed by atoms with E-state index in [2.05, 4.69) is 57.4 Å². The van der Waals surface area contributed by atoms with Gasteiger partial charge in [-0.05, 0) is 55.5 Å². The summed E-state index contributed by atoms with van der Waals surface area (Å²) >= 11 is 0. The van der Waals surface area contributed by atoms with Gasteiger partial charge >= 0.3 is 0 Å². The molecular formula is C18H23NO. The van der Waals surface area contributed by atoms with Crippen LogP contribution in [0.4, 0.5) is 0 Å². The maximum Gasteiger partial charge on any atom is 0.0933 e. The smallest absolute Gasteiger partial charge is 0.0933 e. The van der Waals surface area contributed by atoms with Crippen LogP contribution in [0.25, 0.3) is 0 Å². The van der Waals surface area contributed by atoms with E-state index >= 15 is 0 Å². The second-order valence-electron chi connectivity index (χ2n) is 5.41.